The van der Waals surface area contributed by atoms with Crippen LogP contribution in [0.25, 0.3) is 5.78 Å². The van der Waals surface area contributed by atoms with Gasteiger partial charge in [0.05, 0.1) is 0 Å². The van der Waals surface area contributed by atoms with Crippen molar-refractivity contribution in [1.82, 2.24) is 19.6 Å². The molecular formula is C14H14FN5. The minimum absolute atomic E-state index is 0.0183. The fourth-order valence-corrected chi connectivity index (χ4v) is 2.09. The highest BCUT2D eigenvalue weighted by Gasteiger charge is 2.10. The van der Waals surface area contributed by atoms with Gasteiger partial charge in [0, 0.05) is 17.8 Å². The van der Waals surface area contributed by atoms with Gasteiger partial charge in [-0.1, -0.05) is 12.1 Å². The molecule has 0 fully saturated rings. The molecule has 3 aromatic rings. The van der Waals surface area contributed by atoms with E-state index in [1.165, 1.54) is 18.5 Å². The first kappa shape index (κ1) is 12.5. The molecule has 0 radical (unpaired) electrons. The van der Waals surface area contributed by atoms with Gasteiger partial charge in [-0.05, 0) is 31.5 Å². The van der Waals surface area contributed by atoms with Crippen LogP contribution in [0, 0.1) is 12.7 Å². The van der Waals surface area contributed by atoms with E-state index in [0.29, 0.717) is 5.78 Å². The number of hydrogen-bond acceptors (Lipinski definition) is 4. The topological polar surface area (TPSA) is 55.1 Å². The number of anilines is 1. The molecule has 0 spiro atoms. The number of aromatic nitrogens is 4. The van der Waals surface area contributed by atoms with Gasteiger partial charge in [-0.15, -0.1) is 0 Å². The second kappa shape index (κ2) is 4.88. The summed E-state index contributed by atoms with van der Waals surface area (Å²) in [5.41, 5.74) is 1.86. The van der Waals surface area contributed by atoms with Crippen molar-refractivity contribution in [3.05, 3.63) is 53.7 Å². The van der Waals surface area contributed by atoms with Crippen molar-refractivity contribution >= 4 is 11.6 Å². The van der Waals surface area contributed by atoms with E-state index in [9.17, 15) is 4.39 Å². The Kier molecular flexibility index (Phi) is 3.06. The van der Waals surface area contributed by atoms with Gasteiger partial charge in [0.15, 0.2) is 0 Å². The standard InChI is InChI=1S/C14H14FN5/c1-9-7-13(20-14(18-9)16-8-17-20)19-10(2)11-3-5-12(15)6-4-11/h3-8,10,19H,1-2H3. The molecule has 1 aromatic carbocycles. The monoisotopic (exact) mass is 271 g/mol. The molecule has 20 heavy (non-hydrogen) atoms. The number of rotatable bonds is 3. The Bertz CT molecular complexity index is 735. The number of nitrogens with zero attached hydrogens (tertiary/aromatic N) is 4. The van der Waals surface area contributed by atoms with Crippen molar-refractivity contribution in [1.29, 1.82) is 0 Å². The first-order chi connectivity index (χ1) is 9.63. The fourth-order valence-electron chi connectivity index (χ4n) is 2.09. The molecule has 1 unspecified atom stereocenters. The third-order valence-corrected chi connectivity index (χ3v) is 3.11. The summed E-state index contributed by atoms with van der Waals surface area (Å²) in [5.74, 6) is 1.13. The zero-order chi connectivity index (χ0) is 14.1. The first-order valence-corrected chi connectivity index (χ1v) is 6.33. The molecule has 0 aliphatic heterocycles. The molecule has 0 saturated carbocycles. The Morgan fingerprint density at radius 2 is 2.00 bits per heavy atom. The Morgan fingerprint density at radius 3 is 2.75 bits per heavy atom. The van der Waals surface area contributed by atoms with Crippen LogP contribution in [0.4, 0.5) is 10.2 Å². The van der Waals surface area contributed by atoms with Gasteiger partial charge in [0.25, 0.3) is 5.78 Å². The van der Waals surface area contributed by atoms with Crippen LogP contribution in [0.1, 0.15) is 24.2 Å². The van der Waals surface area contributed by atoms with Crippen molar-refractivity contribution in [3.8, 4) is 0 Å². The van der Waals surface area contributed by atoms with E-state index in [1.807, 2.05) is 19.9 Å². The highest BCUT2D eigenvalue weighted by Crippen LogP contribution is 2.20. The molecule has 0 amide bonds. The molecule has 102 valence electrons. The number of halogens is 1. The minimum Gasteiger partial charge on any atom is -0.363 e. The molecule has 0 bridgehead atoms. The van der Waals surface area contributed by atoms with E-state index in [4.69, 9.17) is 0 Å². The summed E-state index contributed by atoms with van der Waals surface area (Å²) in [7, 11) is 0. The molecule has 3 rings (SSSR count). The fraction of sp³-hybridized carbons (Fsp3) is 0.214. The number of benzene rings is 1. The Labute approximate surface area is 115 Å². The smallest absolute Gasteiger partial charge is 0.254 e. The van der Waals surface area contributed by atoms with Gasteiger partial charge in [0.1, 0.15) is 18.0 Å². The summed E-state index contributed by atoms with van der Waals surface area (Å²) in [6, 6.07) is 8.36. The van der Waals surface area contributed by atoms with Gasteiger partial charge < -0.3 is 5.32 Å². The summed E-state index contributed by atoms with van der Waals surface area (Å²) in [6.45, 7) is 3.91. The molecular weight excluding hydrogens is 257 g/mol. The average Bonchev–Trinajstić information content (AvgIpc) is 2.87. The summed E-state index contributed by atoms with van der Waals surface area (Å²) in [5, 5.41) is 7.49. The molecule has 2 aromatic heterocycles. The SMILES string of the molecule is Cc1cc(NC(C)c2ccc(F)cc2)n2ncnc2n1. The number of fused-ring (bicyclic) bond motifs is 1. The average molecular weight is 271 g/mol. The van der Waals surface area contributed by atoms with Crippen LogP contribution in [0.15, 0.2) is 36.7 Å². The molecule has 5 nitrogen and oxygen atoms in total. The van der Waals surface area contributed by atoms with E-state index in [2.05, 4.69) is 20.4 Å². The maximum absolute atomic E-state index is 12.9. The summed E-state index contributed by atoms with van der Waals surface area (Å²) in [6.07, 6.45) is 1.47. The number of nitrogens with one attached hydrogen (secondary N) is 1. The maximum Gasteiger partial charge on any atom is 0.254 e. The molecule has 0 aliphatic carbocycles. The van der Waals surface area contributed by atoms with Crippen molar-refractivity contribution in [2.45, 2.75) is 19.9 Å². The first-order valence-electron chi connectivity index (χ1n) is 6.33. The van der Waals surface area contributed by atoms with Crippen molar-refractivity contribution in [3.63, 3.8) is 0 Å². The Hall–Kier alpha value is -2.50. The quantitative estimate of drug-likeness (QED) is 0.795. The second-order valence-electron chi connectivity index (χ2n) is 4.67. The molecule has 6 heteroatoms. The van der Waals surface area contributed by atoms with Crippen molar-refractivity contribution in [2.75, 3.05) is 5.32 Å². The molecule has 0 saturated heterocycles. The van der Waals surface area contributed by atoms with Gasteiger partial charge in [-0.2, -0.15) is 14.6 Å². The van der Waals surface area contributed by atoms with E-state index in [-0.39, 0.29) is 11.9 Å². The predicted molar refractivity (Wildman–Crippen MR) is 74.0 cm³/mol. The van der Waals surface area contributed by atoms with Crippen LogP contribution in [0.3, 0.4) is 0 Å². The lowest BCUT2D eigenvalue weighted by Crippen LogP contribution is -2.11. The van der Waals surface area contributed by atoms with Crippen molar-refractivity contribution < 1.29 is 4.39 Å². The zero-order valence-electron chi connectivity index (χ0n) is 11.2. The lowest BCUT2D eigenvalue weighted by molar-refractivity contribution is 0.626. The minimum atomic E-state index is -0.237. The van der Waals surface area contributed by atoms with Gasteiger partial charge in [-0.25, -0.2) is 9.37 Å². The molecule has 2 heterocycles. The van der Waals surface area contributed by atoms with E-state index < -0.39 is 0 Å². The lowest BCUT2D eigenvalue weighted by atomic mass is 10.1. The van der Waals surface area contributed by atoms with Gasteiger partial charge in [-0.3, -0.25) is 0 Å². The van der Waals surface area contributed by atoms with Crippen LogP contribution >= 0.6 is 0 Å². The highest BCUT2D eigenvalue weighted by atomic mass is 19.1. The van der Waals surface area contributed by atoms with Crippen LogP contribution in [0.5, 0.6) is 0 Å². The zero-order valence-corrected chi connectivity index (χ0v) is 11.2. The van der Waals surface area contributed by atoms with Gasteiger partial charge >= 0.3 is 0 Å². The molecule has 0 aliphatic rings. The molecule has 1 N–H and O–H groups in total. The largest absolute Gasteiger partial charge is 0.363 e. The third-order valence-electron chi connectivity index (χ3n) is 3.11. The molecule has 1 atom stereocenters. The van der Waals surface area contributed by atoms with Crippen molar-refractivity contribution in [2.24, 2.45) is 0 Å². The Balaban J connectivity index is 1.92. The van der Waals surface area contributed by atoms with E-state index >= 15 is 0 Å². The predicted octanol–water partition coefficient (Wildman–Crippen LogP) is 2.74. The van der Waals surface area contributed by atoms with Crippen LogP contribution < -0.4 is 5.32 Å². The summed E-state index contributed by atoms with van der Waals surface area (Å²) >= 11 is 0. The number of hydrogen-bond donors (Lipinski definition) is 1. The third kappa shape index (κ3) is 2.32. The summed E-state index contributed by atoms with van der Waals surface area (Å²) in [4.78, 5) is 8.37. The normalized spacial score (nSPS) is 12.6. The van der Waals surface area contributed by atoms with E-state index in [1.54, 1.807) is 16.6 Å². The van der Waals surface area contributed by atoms with Crippen LogP contribution in [-0.4, -0.2) is 19.6 Å². The maximum atomic E-state index is 12.9. The number of aryl methyl sites for hydroxylation is 1. The highest BCUT2D eigenvalue weighted by molar-refractivity contribution is 5.46. The Morgan fingerprint density at radius 1 is 1.25 bits per heavy atom. The lowest BCUT2D eigenvalue weighted by Gasteiger charge is -2.16. The van der Waals surface area contributed by atoms with E-state index in [0.717, 1.165) is 17.1 Å². The van der Waals surface area contributed by atoms with Crippen LogP contribution in [-0.2, 0) is 0 Å². The summed E-state index contributed by atoms with van der Waals surface area (Å²) < 4.78 is 14.6. The second-order valence-corrected chi connectivity index (χ2v) is 4.67. The van der Waals surface area contributed by atoms with Crippen LogP contribution in [0.2, 0.25) is 0 Å². The van der Waals surface area contributed by atoms with Gasteiger partial charge in [0.2, 0.25) is 0 Å².